The summed E-state index contributed by atoms with van der Waals surface area (Å²) in [6.07, 6.45) is 24.4. The summed E-state index contributed by atoms with van der Waals surface area (Å²) in [7, 11) is -2.45. The smallest absolute Gasteiger partial charge is 0.0654 e. The molecular weight excluding hydrogens is 581 g/mol. The molecule has 0 amide bonds. The number of rotatable bonds is 20. The normalized spacial score (nSPS) is 13.1. The summed E-state index contributed by atoms with van der Waals surface area (Å²) in [6.45, 7) is 9.39. The van der Waals surface area contributed by atoms with Gasteiger partial charge in [0.15, 0.2) is 8.07 Å². The average molecular weight is 643 g/mol. The van der Waals surface area contributed by atoms with Gasteiger partial charge in [-0.15, -0.1) is 0 Å². The fourth-order valence-electron chi connectivity index (χ4n) is 8.32. The van der Waals surface area contributed by atoms with Gasteiger partial charge in [-0.2, -0.15) is 0 Å². The van der Waals surface area contributed by atoms with Crippen LogP contribution < -0.4 is 20.7 Å². The van der Waals surface area contributed by atoms with E-state index < -0.39 is 8.07 Å². The van der Waals surface area contributed by atoms with Crippen molar-refractivity contribution in [3.05, 3.63) is 107 Å². The number of aryl methyl sites for hydroxylation is 4. The van der Waals surface area contributed by atoms with Crippen molar-refractivity contribution in [1.82, 2.24) is 0 Å². The number of unbranched alkanes of at least 4 members (excludes halogenated alkanes) is 14. The van der Waals surface area contributed by atoms with Gasteiger partial charge in [0.05, 0.1) is 0 Å². The highest BCUT2D eigenvalue weighted by Crippen LogP contribution is 2.33. The first-order valence-electron chi connectivity index (χ1n) is 19.5. The molecule has 0 unspecified atom stereocenters. The molecule has 0 aromatic heterocycles. The molecule has 1 heterocycles. The maximum Gasteiger partial charge on any atom is 0.180 e. The average Bonchev–Trinajstić information content (AvgIpc) is 3.36. The molecule has 1 heteroatoms. The van der Waals surface area contributed by atoms with Crippen LogP contribution in [0.1, 0.15) is 139 Å². The van der Waals surface area contributed by atoms with E-state index in [0.29, 0.717) is 0 Å². The molecule has 0 fully saturated rings. The van der Waals surface area contributed by atoms with Gasteiger partial charge in [0.1, 0.15) is 0 Å². The Kier molecular flexibility index (Phi) is 13.6. The van der Waals surface area contributed by atoms with Gasteiger partial charge in [-0.25, -0.2) is 0 Å². The molecule has 0 bridgehead atoms. The third kappa shape index (κ3) is 8.40. The highest BCUT2D eigenvalue weighted by molar-refractivity contribution is 7.22. The Morgan fingerprint density at radius 3 is 1.11 bits per heavy atom. The lowest BCUT2D eigenvalue weighted by Gasteiger charge is -2.32. The molecule has 0 spiro atoms. The topological polar surface area (TPSA) is 0 Å². The first-order chi connectivity index (χ1) is 23.1. The van der Waals surface area contributed by atoms with E-state index in [0.717, 1.165) is 0 Å². The SMILES string of the molecule is CCCCCCCCCCc1cc2c(cc1C)[Si](c1ccccc1)(c1ccccc1)c1cc(C)c(CCCCCCCCCC)cc1-2. The first-order valence-corrected chi connectivity index (χ1v) is 21.5. The van der Waals surface area contributed by atoms with E-state index in [4.69, 9.17) is 0 Å². The van der Waals surface area contributed by atoms with Crippen molar-refractivity contribution in [3.8, 4) is 11.1 Å². The summed E-state index contributed by atoms with van der Waals surface area (Å²) in [5, 5.41) is 6.23. The van der Waals surface area contributed by atoms with Gasteiger partial charge < -0.3 is 0 Å². The van der Waals surface area contributed by atoms with Gasteiger partial charge in [-0.1, -0.05) is 189 Å². The van der Waals surface area contributed by atoms with Crippen LogP contribution in [0.5, 0.6) is 0 Å². The first kappa shape index (κ1) is 35.4. The predicted octanol–water partition coefficient (Wildman–Crippen LogP) is 11.0. The van der Waals surface area contributed by atoms with Gasteiger partial charge in [-0.05, 0) is 93.7 Å². The second-order valence-electron chi connectivity index (χ2n) is 14.6. The van der Waals surface area contributed by atoms with Gasteiger partial charge in [0.25, 0.3) is 0 Å². The van der Waals surface area contributed by atoms with E-state index in [2.05, 4.69) is 113 Å². The lowest BCUT2D eigenvalue weighted by atomic mass is 9.93. The molecule has 0 aliphatic carbocycles. The Morgan fingerprint density at radius 2 is 0.745 bits per heavy atom. The van der Waals surface area contributed by atoms with Gasteiger partial charge in [-0.3, -0.25) is 0 Å². The molecule has 1 aliphatic rings. The van der Waals surface area contributed by atoms with Gasteiger partial charge >= 0.3 is 0 Å². The zero-order chi connectivity index (χ0) is 32.9. The van der Waals surface area contributed by atoms with Crippen molar-refractivity contribution >= 4 is 28.8 Å². The Balaban J connectivity index is 1.47. The summed E-state index contributed by atoms with van der Waals surface area (Å²) in [6, 6.07) is 33.7. The van der Waals surface area contributed by atoms with Crippen LogP contribution in [0.3, 0.4) is 0 Å². The van der Waals surface area contributed by atoms with Crippen LogP contribution in [0, 0.1) is 13.8 Å². The van der Waals surface area contributed by atoms with Crippen molar-refractivity contribution in [3.63, 3.8) is 0 Å². The van der Waals surface area contributed by atoms with E-state index in [9.17, 15) is 0 Å². The second kappa shape index (κ2) is 18.0. The monoisotopic (exact) mass is 642 g/mol. The maximum atomic E-state index is 2.64. The Morgan fingerprint density at radius 1 is 0.404 bits per heavy atom. The van der Waals surface area contributed by atoms with Crippen LogP contribution in [0.4, 0.5) is 0 Å². The van der Waals surface area contributed by atoms with Gasteiger partial charge in [0, 0.05) is 0 Å². The van der Waals surface area contributed by atoms with Crippen LogP contribution in [0.25, 0.3) is 11.1 Å². The van der Waals surface area contributed by atoms with Crippen molar-refractivity contribution in [1.29, 1.82) is 0 Å². The minimum absolute atomic E-state index is 1.20. The number of fused-ring (bicyclic) bond motifs is 3. The molecule has 5 rings (SSSR count). The molecule has 4 aromatic rings. The molecule has 0 saturated heterocycles. The summed E-state index contributed by atoms with van der Waals surface area (Å²) in [5.41, 5.74) is 9.15. The molecule has 0 radical (unpaired) electrons. The van der Waals surface area contributed by atoms with Gasteiger partial charge in [0.2, 0.25) is 0 Å². The number of hydrogen-bond acceptors (Lipinski definition) is 0. The zero-order valence-corrected chi connectivity index (χ0v) is 31.3. The standard InChI is InChI=1S/C46H62Si/c1-5-7-9-11-13-15-17-21-27-39-35-43-44-36-40(28-22-18-16-14-12-10-8-6-2)38(4)34-46(44)47(45(43)33-37(39)3,41-29-23-19-24-30-41)42-31-25-20-26-32-42/h19-20,23-26,29-36H,5-18,21-22,27-28H2,1-4H3. The highest BCUT2D eigenvalue weighted by Gasteiger charge is 2.49. The van der Waals surface area contributed by atoms with Crippen LogP contribution in [0.2, 0.25) is 0 Å². The minimum Gasteiger partial charge on any atom is -0.0654 e. The van der Waals surface area contributed by atoms with E-state index in [1.165, 1.54) is 148 Å². The molecule has 4 aromatic carbocycles. The highest BCUT2D eigenvalue weighted by atomic mass is 28.3. The Hall–Kier alpha value is -2.90. The zero-order valence-electron chi connectivity index (χ0n) is 30.3. The molecule has 0 nitrogen and oxygen atoms in total. The van der Waals surface area contributed by atoms with Crippen LogP contribution in [-0.4, -0.2) is 8.07 Å². The van der Waals surface area contributed by atoms with Crippen molar-refractivity contribution in [2.75, 3.05) is 0 Å². The fourth-order valence-corrected chi connectivity index (χ4v) is 13.7. The van der Waals surface area contributed by atoms with Crippen molar-refractivity contribution in [2.45, 2.75) is 143 Å². The molecule has 0 saturated carbocycles. The lowest BCUT2D eigenvalue weighted by Crippen LogP contribution is -2.72. The molecule has 250 valence electrons. The minimum atomic E-state index is -2.45. The lowest BCUT2D eigenvalue weighted by molar-refractivity contribution is 0.575. The summed E-state index contributed by atoms with van der Waals surface area (Å²) < 4.78 is 0. The number of benzene rings is 4. The van der Waals surface area contributed by atoms with Crippen molar-refractivity contribution in [2.24, 2.45) is 0 Å². The number of hydrogen-bond donors (Lipinski definition) is 0. The Bertz CT molecular complexity index is 1400. The second-order valence-corrected chi connectivity index (χ2v) is 18.3. The third-order valence-corrected chi connectivity index (χ3v) is 15.9. The fraction of sp³-hybridized carbons (Fsp3) is 0.478. The molecule has 0 N–H and O–H groups in total. The predicted molar refractivity (Wildman–Crippen MR) is 211 cm³/mol. The van der Waals surface area contributed by atoms with E-state index in [1.807, 2.05) is 0 Å². The van der Waals surface area contributed by atoms with E-state index in [-0.39, 0.29) is 0 Å². The summed E-state index contributed by atoms with van der Waals surface area (Å²) in [4.78, 5) is 0. The molecular formula is C46H62Si. The molecule has 1 aliphatic heterocycles. The Labute approximate surface area is 289 Å². The van der Waals surface area contributed by atoms with Crippen LogP contribution in [0.15, 0.2) is 84.9 Å². The molecule has 0 atom stereocenters. The third-order valence-electron chi connectivity index (χ3n) is 11.1. The summed E-state index contributed by atoms with van der Waals surface area (Å²) >= 11 is 0. The molecule has 47 heavy (non-hydrogen) atoms. The van der Waals surface area contributed by atoms with Crippen molar-refractivity contribution < 1.29 is 0 Å². The van der Waals surface area contributed by atoms with E-state index in [1.54, 1.807) is 21.5 Å². The largest absolute Gasteiger partial charge is 0.180 e. The van der Waals surface area contributed by atoms with Crippen LogP contribution >= 0.6 is 0 Å². The summed E-state index contributed by atoms with van der Waals surface area (Å²) in [5.74, 6) is 0. The quantitative estimate of drug-likeness (QED) is 0.0585. The van der Waals surface area contributed by atoms with Crippen LogP contribution in [-0.2, 0) is 12.8 Å². The maximum absolute atomic E-state index is 2.64. The van der Waals surface area contributed by atoms with E-state index >= 15 is 0 Å².